The number of benzene rings is 1. The summed E-state index contributed by atoms with van der Waals surface area (Å²) >= 11 is 5.98. The molecule has 1 amide bonds. The number of carbonyl (C=O) groups is 1. The van der Waals surface area contributed by atoms with E-state index >= 15 is 0 Å². The van der Waals surface area contributed by atoms with Crippen LogP contribution >= 0.6 is 11.6 Å². The molecule has 1 saturated heterocycles. The molecule has 0 radical (unpaired) electrons. The van der Waals surface area contributed by atoms with Crippen LogP contribution in [-0.4, -0.2) is 49.4 Å². The third kappa shape index (κ3) is 4.88. The summed E-state index contributed by atoms with van der Waals surface area (Å²) in [6, 6.07) is 7.25. The summed E-state index contributed by atoms with van der Waals surface area (Å²) in [6.07, 6.45) is 5.91. The van der Waals surface area contributed by atoms with Gasteiger partial charge in [-0.15, -0.1) is 0 Å². The Morgan fingerprint density at radius 2 is 1.92 bits per heavy atom. The molecule has 3 rings (SSSR count). The van der Waals surface area contributed by atoms with Crippen molar-refractivity contribution in [2.45, 2.75) is 50.6 Å². The molecule has 1 heterocycles. The Labute approximate surface area is 154 Å². The fourth-order valence-corrected chi connectivity index (χ4v) is 5.83. The molecule has 1 aliphatic carbocycles. The van der Waals surface area contributed by atoms with E-state index in [0.29, 0.717) is 11.4 Å². The third-order valence-electron chi connectivity index (χ3n) is 5.13. The van der Waals surface area contributed by atoms with Crippen molar-refractivity contribution < 1.29 is 13.2 Å². The van der Waals surface area contributed by atoms with Crippen molar-refractivity contribution in [1.29, 1.82) is 0 Å². The number of hydrogen-bond acceptors (Lipinski definition) is 4. The molecule has 7 heteroatoms. The average Bonchev–Trinajstić information content (AvgIpc) is 2.94. The van der Waals surface area contributed by atoms with Gasteiger partial charge in [-0.2, -0.15) is 0 Å². The molecule has 138 valence electrons. The Kier molecular flexibility index (Phi) is 5.89. The second kappa shape index (κ2) is 7.96. The average molecular weight is 385 g/mol. The predicted octanol–water partition coefficient (Wildman–Crippen LogP) is 3.10. The fraction of sp³-hybridized carbons (Fsp3) is 0.611. The number of rotatable bonds is 5. The van der Waals surface area contributed by atoms with Crippen LogP contribution < -0.4 is 5.32 Å². The van der Waals surface area contributed by atoms with Crippen LogP contribution in [0.3, 0.4) is 0 Å². The zero-order valence-corrected chi connectivity index (χ0v) is 15.9. The molecule has 1 N–H and O–H groups in total. The van der Waals surface area contributed by atoms with Crippen LogP contribution in [0, 0.1) is 0 Å². The zero-order chi connectivity index (χ0) is 17.9. The fourth-order valence-electron chi connectivity index (χ4n) is 3.93. The number of amides is 1. The number of nitrogens with one attached hydrogen (secondary N) is 1. The molecular weight excluding hydrogens is 360 g/mol. The highest BCUT2D eigenvalue weighted by molar-refractivity contribution is 7.91. The molecule has 1 aromatic rings. The molecule has 1 aliphatic heterocycles. The minimum absolute atomic E-state index is 0.0195. The molecule has 1 atom stereocenters. The second-order valence-electron chi connectivity index (χ2n) is 7.01. The summed E-state index contributed by atoms with van der Waals surface area (Å²) in [5, 5.41) is 3.74. The van der Waals surface area contributed by atoms with Crippen molar-refractivity contribution in [3.8, 4) is 0 Å². The lowest BCUT2D eigenvalue weighted by atomic mass is 9.93. The molecule has 0 spiro atoms. The smallest absolute Gasteiger partial charge is 0.242 e. The SMILES string of the molecule is O=C(CNc1cccc(Cl)c1)N(C1CCCCC1)C1CCS(=O)(=O)C1. The minimum atomic E-state index is -3.02. The number of hydrogen-bond donors (Lipinski definition) is 1. The van der Waals surface area contributed by atoms with Gasteiger partial charge in [-0.05, 0) is 37.5 Å². The Hall–Kier alpha value is -1.27. The van der Waals surface area contributed by atoms with Gasteiger partial charge in [-0.25, -0.2) is 8.42 Å². The van der Waals surface area contributed by atoms with E-state index in [-0.39, 0.29) is 36.0 Å². The lowest BCUT2D eigenvalue weighted by Gasteiger charge is -2.38. The molecule has 2 fully saturated rings. The first kappa shape index (κ1) is 18.5. The minimum Gasteiger partial charge on any atom is -0.376 e. The van der Waals surface area contributed by atoms with Crippen LogP contribution in [0.5, 0.6) is 0 Å². The van der Waals surface area contributed by atoms with E-state index in [1.807, 2.05) is 17.0 Å². The maximum atomic E-state index is 12.9. The van der Waals surface area contributed by atoms with Crippen molar-refractivity contribution in [2.75, 3.05) is 23.4 Å². The quantitative estimate of drug-likeness (QED) is 0.847. The van der Waals surface area contributed by atoms with E-state index in [0.717, 1.165) is 31.4 Å². The van der Waals surface area contributed by atoms with Crippen LogP contribution in [0.1, 0.15) is 38.5 Å². The van der Waals surface area contributed by atoms with Gasteiger partial charge in [-0.3, -0.25) is 4.79 Å². The standard InChI is InChI=1S/C18H25ClN2O3S/c19-14-5-4-6-15(11-14)20-12-18(22)21(16-7-2-1-3-8-16)17-9-10-25(23,24)13-17/h4-6,11,16-17,20H,1-3,7-10,12-13H2. The van der Waals surface area contributed by atoms with Gasteiger partial charge in [0.1, 0.15) is 0 Å². The summed E-state index contributed by atoms with van der Waals surface area (Å²) in [4.78, 5) is 14.8. The third-order valence-corrected chi connectivity index (χ3v) is 7.11. The van der Waals surface area contributed by atoms with E-state index in [1.54, 1.807) is 12.1 Å². The van der Waals surface area contributed by atoms with Gasteiger partial charge in [0, 0.05) is 22.8 Å². The van der Waals surface area contributed by atoms with Crippen molar-refractivity contribution in [3.63, 3.8) is 0 Å². The summed E-state index contributed by atoms with van der Waals surface area (Å²) < 4.78 is 23.8. The monoisotopic (exact) mass is 384 g/mol. The van der Waals surface area contributed by atoms with E-state index in [9.17, 15) is 13.2 Å². The number of anilines is 1. The Balaban J connectivity index is 1.70. The van der Waals surface area contributed by atoms with Gasteiger partial charge < -0.3 is 10.2 Å². The first-order valence-electron chi connectivity index (χ1n) is 8.96. The van der Waals surface area contributed by atoms with Crippen molar-refractivity contribution >= 4 is 33.0 Å². The van der Waals surface area contributed by atoms with E-state index in [1.165, 1.54) is 6.42 Å². The highest BCUT2D eigenvalue weighted by atomic mass is 35.5. The number of halogens is 1. The lowest BCUT2D eigenvalue weighted by molar-refractivity contribution is -0.134. The summed E-state index contributed by atoms with van der Waals surface area (Å²) in [7, 11) is -3.02. The van der Waals surface area contributed by atoms with Crippen LogP contribution in [0.15, 0.2) is 24.3 Å². The molecular formula is C18H25ClN2O3S. The molecule has 1 saturated carbocycles. The first-order valence-corrected chi connectivity index (χ1v) is 11.2. The Morgan fingerprint density at radius 1 is 1.16 bits per heavy atom. The number of carbonyl (C=O) groups excluding carboxylic acids is 1. The second-order valence-corrected chi connectivity index (χ2v) is 9.68. The molecule has 1 aromatic carbocycles. The molecule has 25 heavy (non-hydrogen) atoms. The number of sulfone groups is 1. The predicted molar refractivity (Wildman–Crippen MR) is 101 cm³/mol. The van der Waals surface area contributed by atoms with Gasteiger partial charge in [0.2, 0.25) is 5.91 Å². The van der Waals surface area contributed by atoms with Gasteiger partial charge in [0.15, 0.2) is 9.84 Å². The number of nitrogens with zero attached hydrogens (tertiary/aromatic N) is 1. The summed E-state index contributed by atoms with van der Waals surface area (Å²) in [5.41, 5.74) is 0.795. The maximum absolute atomic E-state index is 12.9. The Bertz CT molecular complexity index is 717. The molecule has 5 nitrogen and oxygen atoms in total. The maximum Gasteiger partial charge on any atom is 0.242 e. The van der Waals surface area contributed by atoms with E-state index in [2.05, 4.69) is 5.32 Å². The van der Waals surface area contributed by atoms with Crippen molar-refractivity contribution in [2.24, 2.45) is 0 Å². The van der Waals surface area contributed by atoms with Crippen molar-refractivity contribution in [1.82, 2.24) is 4.90 Å². The highest BCUT2D eigenvalue weighted by Crippen LogP contribution is 2.28. The van der Waals surface area contributed by atoms with Crippen LogP contribution in [-0.2, 0) is 14.6 Å². The topological polar surface area (TPSA) is 66.5 Å². The van der Waals surface area contributed by atoms with Gasteiger partial charge in [-0.1, -0.05) is 36.9 Å². The van der Waals surface area contributed by atoms with E-state index < -0.39 is 9.84 Å². The summed E-state index contributed by atoms with van der Waals surface area (Å²) in [5.74, 6) is 0.274. The molecule has 0 bridgehead atoms. The summed E-state index contributed by atoms with van der Waals surface area (Å²) in [6.45, 7) is 0.160. The normalized spacial score (nSPS) is 23.3. The van der Waals surface area contributed by atoms with Gasteiger partial charge >= 0.3 is 0 Å². The largest absolute Gasteiger partial charge is 0.376 e. The molecule has 0 aromatic heterocycles. The Morgan fingerprint density at radius 3 is 2.56 bits per heavy atom. The first-order chi connectivity index (χ1) is 11.9. The highest BCUT2D eigenvalue weighted by Gasteiger charge is 2.38. The van der Waals surface area contributed by atoms with Crippen molar-refractivity contribution in [3.05, 3.63) is 29.3 Å². The van der Waals surface area contributed by atoms with Crippen LogP contribution in [0.25, 0.3) is 0 Å². The molecule has 2 aliphatic rings. The van der Waals surface area contributed by atoms with E-state index in [4.69, 9.17) is 11.6 Å². The molecule has 1 unspecified atom stereocenters. The van der Waals surface area contributed by atoms with Crippen LogP contribution in [0.4, 0.5) is 5.69 Å². The van der Waals surface area contributed by atoms with Crippen LogP contribution in [0.2, 0.25) is 5.02 Å². The van der Waals surface area contributed by atoms with Gasteiger partial charge in [0.25, 0.3) is 0 Å². The van der Waals surface area contributed by atoms with Gasteiger partial charge in [0.05, 0.1) is 18.1 Å². The lowest BCUT2D eigenvalue weighted by Crippen LogP contribution is -2.50. The zero-order valence-electron chi connectivity index (χ0n) is 14.3.